The summed E-state index contributed by atoms with van der Waals surface area (Å²) in [5.41, 5.74) is 1.05. The highest BCUT2D eigenvalue weighted by molar-refractivity contribution is 5.33. The summed E-state index contributed by atoms with van der Waals surface area (Å²) in [7, 11) is 3.32. The fraction of sp³-hybridized carbons (Fsp3) is 0.538. The molecule has 0 spiro atoms. The van der Waals surface area contributed by atoms with E-state index in [9.17, 15) is 5.11 Å². The van der Waals surface area contributed by atoms with Crippen molar-refractivity contribution < 1.29 is 14.6 Å². The molecule has 0 saturated heterocycles. The number of aliphatic hydroxyl groups is 1. The summed E-state index contributed by atoms with van der Waals surface area (Å²) in [5.74, 6) is 0.841. The molecule has 0 saturated carbocycles. The summed E-state index contributed by atoms with van der Waals surface area (Å²) in [6.07, 6.45) is 1.94. The van der Waals surface area contributed by atoms with Gasteiger partial charge in [-0.05, 0) is 24.5 Å². The van der Waals surface area contributed by atoms with Crippen molar-refractivity contribution in [3.8, 4) is 5.75 Å². The Bertz CT molecular complexity index is 299. The molecular weight excluding hydrogens is 204 g/mol. The second-order valence-electron chi connectivity index (χ2n) is 3.80. The van der Waals surface area contributed by atoms with Gasteiger partial charge in [-0.15, -0.1) is 0 Å². The third-order valence-electron chi connectivity index (χ3n) is 2.53. The van der Waals surface area contributed by atoms with Gasteiger partial charge < -0.3 is 14.6 Å². The molecule has 1 aromatic carbocycles. The van der Waals surface area contributed by atoms with Crippen LogP contribution in [0.4, 0.5) is 0 Å². The van der Waals surface area contributed by atoms with Crippen LogP contribution in [0.5, 0.6) is 5.75 Å². The fourth-order valence-corrected chi connectivity index (χ4v) is 1.69. The lowest BCUT2D eigenvalue weighted by Crippen LogP contribution is -2.12. The van der Waals surface area contributed by atoms with Crippen LogP contribution in [0.2, 0.25) is 0 Å². The van der Waals surface area contributed by atoms with Gasteiger partial charge in [0.15, 0.2) is 0 Å². The SMILES string of the molecule is COCCCC(O)Cc1ccccc1OC. The van der Waals surface area contributed by atoms with E-state index in [0.717, 1.165) is 24.2 Å². The van der Waals surface area contributed by atoms with Crippen LogP contribution in [0.25, 0.3) is 0 Å². The minimum Gasteiger partial charge on any atom is -0.496 e. The standard InChI is InChI=1S/C13H20O3/c1-15-9-5-7-12(14)10-11-6-3-4-8-13(11)16-2/h3-4,6,8,12,14H,5,7,9-10H2,1-2H3. The fourth-order valence-electron chi connectivity index (χ4n) is 1.69. The molecule has 0 aromatic heterocycles. The summed E-state index contributed by atoms with van der Waals surface area (Å²) in [6.45, 7) is 0.697. The quantitative estimate of drug-likeness (QED) is 0.720. The van der Waals surface area contributed by atoms with Crippen molar-refractivity contribution in [1.29, 1.82) is 0 Å². The van der Waals surface area contributed by atoms with Crippen LogP contribution in [0.15, 0.2) is 24.3 Å². The van der Waals surface area contributed by atoms with Crippen LogP contribution in [0.1, 0.15) is 18.4 Å². The molecule has 0 aliphatic heterocycles. The third kappa shape index (κ3) is 4.21. The van der Waals surface area contributed by atoms with E-state index < -0.39 is 0 Å². The van der Waals surface area contributed by atoms with Gasteiger partial charge in [0.2, 0.25) is 0 Å². The first-order chi connectivity index (χ1) is 7.77. The van der Waals surface area contributed by atoms with Crippen LogP contribution < -0.4 is 4.74 Å². The molecule has 0 bridgehead atoms. The third-order valence-corrected chi connectivity index (χ3v) is 2.53. The molecule has 0 amide bonds. The van der Waals surface area contributed by atoms with Gasteiger partial charge in [-0.3, -0.25) is 0 Å². The van der Waals surface area contributed by atoms with Crippen LogP contribution in [-0.2, 0) is 11.2 Å². The zero-order valence-corrected chi connectivity index (χ0v) is 9.98. The highest BCUT2D eigenvalue weighted by Crippen LogP contribution is 2.19. The molecule has 1 N–H and O–H groups in total. The number of methoxy groups -OCH3 is 2. The second kappa shape index (κ2) is 7.25. The molecule has 90 valence electrons. The van der Waals surface area contributed by atoms with E-state index in [0.29, 0.717) is 13.0 Å². The van der Waals surface area contributed by atoms with E-state index in [2.05, 4.69) is 0 Å². The predicted octanol–water partition coefficient (Wildman–Crippen LogP) is 2.03. The monoisotopic (exact) mass is 224 g/mol. The van der Waals surface area contributed by atoms with E-state index in [-0.39, 0.29) is 6.10 Å². The Labute approximate surface area is 97.0 Å². The number of rotatable bonds is 7. The molecule has 1 atom stereocenters. The number of hydrogen-bond acceptors (Lipinski definition) is 3. The Balaban J connectivity index is 2.45. The number of aliphatic hydroxyl groups excluding tert-OH is 1. The molecule has 0 fully saturated rings. The average molecular weight is 224 g/mol. The first-order valence-corrected chi connectivity index (χ1v) is 5.56. The van der Waals surface area contributed by atoms with Gasteiger partial charge in [0.25, 0.3) is 0 Å². The maximum Gasteiger partial charge on any atom is 0.122 e. The van der Waals surface area contributed by atoms with Crippen molar-refractivity contribution in [2.45, 2.75) is 25.4 Å². The summed E-state index contributed by atoms with van der Waals surface area (Å²) < 4.78 is 10.2. The molecule has 3 nitrogen and oxygen atoms in total. The minimum atomic E-state index is -0.327. The topological polar surface area (TPSA) is 38.7 Å². The maximum atomic E-state index is 9.84. The highest BCUT2D eigenvalue weighted by Gasteiger charge is 2.08. The van der Waals surface area contributed by atoms with Crippen LogP contribution in [0, 0.1) is 0 Å². The zero-order valence-electron chi connectivity index (χ0n) is 9.98. The highest BCUT2D eigenvalue weighted by atomic mass is 16.5. The summed E-state index contributed by atoms with van der Waals surface area (Å²) in [6, 6.07) is 7.79. The van der Waals surface area contributed by atoms with E-state index >= 15 is 0 Å². The summed E-state index contributed by atoms with van der Waals surface area (Å²) >= 11 is 0. The molecule has 0 aliphatic rings. The smallest absolute Gasteiger partial charge is 0.122 e. The van der Waals surface area contributed by atoms with E-state index in [4.69, 9.17) is 9.47 Å². The largest absolute Gasteiger partial charge is 0.496 e. The minimum absolute atomic E-state index is 0.327. The number of para-hydroxylation sites is 1. The number of hydrogen-bond donors (Lipinski definition) is 1. The van der Waals surface area contributed by atoms with Gasteiger partial charge in [-0.25, -0.2) is 0 Å². The van der Waals surface area contributed by atoms with Crippen molar-refractivity contribution in [2.24, 2.45) is 0 Å². The molecule has 16 heavy (non-hydrogen) atoms. The lowest BCUT2D eigenvalue weighted by molar-refractivity contribution is 0.134. The molecular formula is C13H20O3. The molecule has 0 radical (unpaired) electrons. The van der Waals surface area contributed by atoms with E-state index in [1.54, 1.807) is 14.2 Å². The Kier molecular flexibility index (Phi) is 5.90. The van der Waals surface area contributed by atoms with Gasteiger partial charge in [-0.2, -0.15) is 0 Å². The van der Waals surface area contributed by atoms with Crippen LogP contribution in [-0.4, -0.2) is 32.0 Å². The van der Waals surface area contributed by atoms with Crippen molar-refractivity contribution in [3.05, 3.63) is 29.8 Å². The maximum absolute atomic E-state index is 9.84. The van der Waals surface area contributed by atoms with Gasteiger partial charge >= 0.3 is 0 Å². The van der Waals surface area contributed by atoms with Gasteiger partial charge in [0.05, 0.1) is 13.2 Å². The second-order valence-corrected chi connectivity index (χ2v) is 3.80. The van der Waals surface area contributed by atoms with Crippen molar-refractivity contribution in [3.63, 3.8) is 0 Å². The summed E-state index contributed by atoms with van der Waals surface area (Å²) in [5, 5.41) is 9.84. The molecule has 0 aliphatic carbocycles. The number of ether oxygens (including phenoxy) is 2. The first kappa shape index (κ1) is 13.0. The number of benzene rings is 1. The zero-order chi connectivity index (χ0) is 11.8. The van der Waals surface area contributed by atoms with E-state index in [1.807, 2.05) is 24.3 Å². The van der Waals surface area contributed by atoms with Gasteiger partial charge in [-0.1, -0.05) is 18.2 Å². The molecule has 0 heterocycles. The van der Waals surface area contributed by atoms with Crippen LogP contribution >= 0.6 is 0 Å². The van der Waals surface area contributed by atoms with Crippen molar-refractivity contribution in [2.75, 3.05) is 20.8 Å². The normalized spacial score (nSPS) is 12.4. The van der Waals surface area contributed by atoms with Crippen LogP contribution in [0.3, 0.4) is 0 Å². The molecule has 1 aromatic rings. The van der Waals surface area contributed by atoms with Crippen molar-refractivity contribution in [1.82, 2.24) is 0 Å². The Morgan fingerprint density at radius 2 is 2.00 bits per heavy atom. The van der Waals surface area contributed by atoms with Gasteiger partial charge in [0.1, 0.15) is 5.75 Å². The molecule has 1 rings (SSSR count). The summed E-state index contributed by atoms with van der Waals surface area (Å²) in [4.78, 5) is 0. The Hall–Kier alpha value is -1.06. The lowest BCUT2D eigenvalue weighted by Gasteiger charge is -2.13. The first-order valence-electron chi connectivity index (χ1n) is 5.56. The van der Waals surface area contributed by atoms with Gasteiger partial charge in [0, 0.05) is 20.1 Å². The van der Waals surface area contributed by atoms with Crippen molar-refractivity contribution >= 4 is 0 Å². The van der Waals surface area contributed by atoms with E-state index in [1.165, 1.54) is 0 Å². The average Bonchev–Trinajstić information content (AvgIpc) is 2.30. The Morgan fingerprint density at radius 1 is 1.25 bits per heavy atom. The molecule has 3 heteroatoms. The Morgan fingerprint density at radius 3 is 2.69 bits per heavy atom. The predicted molar refractivity (Wildman–Crippen MR) is 63.8 cm³/mol. The molecule has 1 unspecified atom stereocenters. The lowest BCUT2D eigenvalue weighted by atomic mass is 10.0.